The molecular weight excluding hydrogens is 222 g/mol. The summed E-state index contributed by atoms with van der Waals surface area (Å²) in [5, 5.41) is 3.15. The summed E-state index contributed by atoms with van der Waals surface area (Å²) in [7, 11) is 0. The first-order chi connectivity index (χ1) is 8.58. The molecule has 0 aliphatic heterocycles. The highest BCUT2D eigenvalue weighted by atomic mass is 15.1. The predicted molar refractivity (Wildman–Crippen MR) is 77.7 cm³/mol. The molecule has 0 saturated heterocycles. The Morgan fingerprint density at radius 3 is 2.67 bits per heavy atom. The van der Waals surface area contributed by atoms with Crippen molar-refractivity contribution in [2.45, 2.75) is 45.6 Å². The Bertz CT molecular complexity index is 409. The number of para-hydroxylation sites is 1. The summed E-state index contributed by atoms with van der Waals surface area (Å²) < 4.78 is 0. The van der Waals surface area contributed by atoms with E-state index in [0.29, 0.717) is 12.0 Å². The number of rotatable bonds is 2. The first-order valence-electron chi connectivity index (χ1n) is 6.73. The predicted octanol–water partition coefficient (Wildman–Crippen LogP) is 3.38. The Kier molecular flexibility index (Phi) is 3.90. The summed E-state index contributed by atoms with van der Waals surface area (Å²) in [6.07, 6.45) is 4.95. The molecule has 0 heterocycles. The second kappa shape index (κ2) is 5.42. The molecule has 3 nitrogen and oxygen atoms in total. The highest BCUT2D eigenvalue weighted by Crippen LogP contribution is 2.37. The van der Waals surface area contributed by atoms with Crippen LogP contribution in [-0.2, 0) is 0 Å². The van der Waals surface area contributed by atoms with Crippen molar-refractivity contribution in [2.75, 3.05) is 5.32 Å². The van der Waals surface area contributed by atoms with Gasteiger partial charge in [0, 0.05) is 5.69 Å². The minimum atomic E-state index is 0.265. The molecule has 1 unspecified atom stereocenters. The molecule has 0 radical (unpaired) electrons. The Balaban J connectivity index is 2.03. The van der Waals surface area contributed by atoms with Gasteiger partial charge in [-0.25, -0.2) is 4.99 Å². The van der Waals surface area contributed by atoms with Crippen molar-refractivity contribution in [3.63, 3.8) is 0 Å². The first kappa shape index (κ1) is 12.9. The van der Waals surface area contributed by atoms with E-state index in [0.717, 1.165) is 12.1 Å². The molecule has 98 valence electrons. The zero-order chi connectivity index (χ0) is 13.0. The summed E-state index contributed by atoms with van der Waals surface area (Å²) in [6, 6.07) is 10.3. The molecule has 0 bridgehead atoms. The normalized spacial score (nSPS) is 23.7. The number of aliphatic imine (C=N–C) groups is 1. The van der Waals surface area contributed by atoms with E-state index in [-0.39, 0.29) is 5.41 Å². The molecule has 3 heteroatoms. The minimum Gasteiger partial charge on any atom is -0.370 e. The van der Waals surface area contributed by atoms with Gasteiger partial charge in [0.25, 0.3) is 0 Å². The average Bonchev–Trinajstić information content (AvgIpc) is 2.33. The van der Waals surface area contributed by atoms with Crippen LogP contribution in [0.25, 0.3) is 0 Å². The van der Waals surface area contributed by atoms with E-state index in [1.54, 1.807) is 0 Å². The van der Waals surface area contributed by atoms with Crippen LogP contribution >= 0.6 is 0 Å². The Labute approximate surface area is 109 Å². The summed E-state index contributed by atoms with van der Waals surface area (Å²) in [5.74, 6) is 0.529. The monoisotopic (exact) mass is 245 g/mol. The van der Waals surface area contributed by atoms with Gasteiger partial charge in [-0.3, -0.25) is 0 Å². The lowest BCUT2D eigenvalue weighted by Gasteiger charge is -2.36. The van der Waals surface area contributed by atoms with Gasteiger partial charge in [-0.15, -0.1) is 0 Å². The molecule has 1 fully saturated rings. The zero-order valence-electron chi connectivity index (χ0n) is 11.3. The van der Waals surface area contributed by atoms with Crippen molar-refractivity contribution < 1.29 is 0 Å². The van der Waals surface area contributed by atoms with E-state index in [4.69, 9.17) is 5.73 Å². The molecule has 1 aromatic rings. The van der Waals surface area contributed by atoms with Crippen LogP contribution in [0.4, 0.5) is 5.69 Å². The van der Waals surface area contributed by atoms with Crippen LogP contribution in [0.3, 0.4) is 0 Å². The molecule has 2 rings (SSSR count). The molecule has 1 aliphatic rings. The zero-order valence-corrected chi connectivity index (χ0v) is 11.3. The Morgan fingerprint density at radius 1 is 1.28 bits per heavy atom. The van der Waals surface area contributed by atoms with E-state index in [9.17, 15) is 0 Å². The number of hydrogen-bond acceptors (Lipinski definition) is 1. The van der Waals surface area contributed by atoms with E-state index >= 15 is 0 Å². The maximum Gasteiger partial charge on any atom is 0.193 e. The molecule has 1 atom stereocenters. The van der Waals surface area contributed by atoms with Gasteiger partial charge < -0.3 is 11.1 Å². The fourth-order valence-electron chi connectivity index (χ4n) is 2.58. The van der Waals surface area contributed by atoms with Crippen LogP contribution in [-0.4, -0.2) is 12.0 Å². The topological polar surface area (TPSA) is 50.4 Å². The van der Waals surface area contributed by atoms with Gasteiger partial charge in [0.2, 0.25) is 0 Å². The number of hydrogen-bond donors (Lipinski definition) is 2. The standard InChI is InChI=1S/C15H23N3/c1-15(2)11-7-6-10-13(15)18-14(16)17-12-8-4-3-5-9-12/h3-5,8-9,13H,6-7,10-11H2,1-2H3,(H3,16,17,18). The van der Waals surface area contributed by atoms with E-state index in [2.05, 4.69) is 24.2 Å². The van der Waals surface area contributed by atoms with Crippen LogP contribution in [0.1, 0.15) is 39.5 Å². The van der Waals surface area contributed by atoms with Crippen LogP contribution in [0, 0.1) is 5.41 Å². The largest absolute Gasteiger partial charge is 0.370 e. The highest BCUT2D eigenvalue weighted by molar-refractivity contribution is 5.92. The second-order valence-corrected chi connectivity index (χ2v) is 5.76. The molecule has 18 heavy (non-hydrogen) atoms. The number of guanidine groups is 1. The van der Waals surface area contributed by atoms with E-state index < -0.39 is 0 Å². The maximum atomic E-state index is 6.00. The van der Waals surface area contributed by atoms with Gasteiger partial charge >= 0.3 is 0 Å². The van der Waals surface area contributed by atoms with E-state index in [1.165, 1.54) is 19.3 Å². The summed E-state index contributed by atoms with van der Waals surface area (Å²) >= 11 is 0. The molecule has 1 aromatic carbocycles. The number of anilines is 1. The highest BCUT2D eigenvalue weighted by Gasteiger charge is 2.32. The number of nitrogens with one attached hydrogen (secondary N) is 1. The van der Waals surface area contributed by atoms with Crippen molar-refractivity contribution >= 4 is 11.6 Å². The fraction of sp³-hybridized carbons (Fsp3) is 0.533. The molecule has 0 spiro atoms. The lowest BCUT2D eigenvalue weighted by molar-refractivity contribution is 0.204. The van der Waals surface area contributed by atoms with Gasteiger partial charge in [-0.05, 0) is 30.4 Å². The molecule has 0 aromatic heterocycles. The molecular formula is C15H23N3. The molecule has 1 aliphatic carbocycles. The Morgan fingerprint density at radius 2 is 2.00 bits per heavy atom. The van der Waals surface area contributed by atoms with Gasteiger partial charge in [0.05, 0.1) is 6.04 Å². The maximum absolute atomic E-state index is 6.00. The number of benzene rings is 1. The van der Waals surface area contributed by atoms with Crippen molar-refractivity contribution in [3.05, 3.63) is 30.3 Å². The molecule has 0 amide bonds. The summed E-state index contributed by atoms with van der Waals surface area (Å²) in [6.45, 7) is 4.58. The smallest absolute Gasteiger partial charge is 0.193 e. The third-order valence-corrected chi connectivity index (χ3v) is 3.79. The van der Waals surface area contributed by atoms with Crippen LogP contribution < -0.4 is 11.1 Å². The Hall–Kier alpha value is -1.51. The van der Waals surface area contributed by atoms with Crippen molar-refractivity contribution in [1.29, 1.82) is 0 Å². The molecule has 1 saturated carbocycles. The minimum absolute atomic E-state index is 0.265. The third kappa shape index (κ3) is 3.25. The lowest BCUT2D eigenvalue weighted by atomic mass is 9.73. The van der Waals surface area contributed by atoms with Gasteiger partial charge in [0.1, 0.15) is 0 Å². The first-order valence-corrected chi connectivity index (χ1v) is 6.73. The van der Waals surface area contributed by atoms with Gasteiger partial charge in [-0.1, -0.05) is 44.9 Å². The van der Waals surface area contributed by atoms with Crippen LogP contribution in [0.5, 0.6) is 0 Å². The van der Waals surface area contributed by atoms with Crippen LogP contribution in [0.15, 0.2) is 35.3 Å². The average molecular weight is 245 g/mol. The van der Waals surface area contributed by atoms with E-state index in [1.807, 2.05) is 30.3 Å². The SMILES string of the molecule is CC1(C)CCCCC1N=C(N)Nc1ccccc1. The number of nitrogens with two attached hydrogens (primary N) is 1. The molecule has 3 N–H and O–H groups in total. The van der Waals surface area contributed by atoms with Gasteiger partial charge in [0.15, 0.2) is 5.96 Å². The third-order valence-electron chi connectivity index (χ3n) is 3.79. The van der Waals surface area contributed by atoms with Crippen LogP contribution in [0.2, 0.25) is 0 Å². The van der Waals surface area contributed by atoms with Gasteiger partial charge in [-0.2, -0.15) is 0 Å². The second-order valence-electron chi connectivity index (χ2n) is 5.76. The summed E-state index contributed by atoms with van der Waals surface area (Å²) in [4.78, 5) is 4.67. The van der Waals surface area contributed by atoms with Crippen molar-refractivity contribution in [1.82, 2.24) is 0 Å². The van der Waals surface area contributed by atoms with Crippen molar-refractivity contribution in [2.24, 2.45) is 16.1 Å². The quantitative estimate of drug-likeness (QED) is 0.620. The van der Waals surface area contributed by atoms with Crippen molar-refractivity contribution in [3.8, 4) is 0 Å². The lowest BCUT2D eigenvalue weighted by Crippen LogP contribution is -2.35. The fourth-order valence-corrected chi connectivity index (χ4v) is 2.58. The number of nitrogens with zero attached hydrogens (tertiary/aromatic N) is 1. The summed E-state index contributed by atoms with van der Waals surface area (Å²) in [5.41, 5.74) is 7.25.